The van der Waals surface area contributed by atoms with E-state index in [1.54, 1.807) is 18.2 Å². The van der Waals surface area contributed by atoms with Gasteiger partial charge in [-0.05, 0) is 23.8 Å². The molecule has 0 aliphatic carbocycles. The Balaban J connectivity index is 0.00000192. The van der Waals surface area contributed by atoms with Crippen molar-refractivity contribution in [1.82, 2.24) is 0 Å². The van der Waals surface area contributed by atoms with Gasteiger partial charge < -0.3 is 19.9 Å². The van der Waals surface area contributed by atoms with Gasteiger partial charge in [0.25, 0.3) is 0 Å². The molecule has 23 heavy (non-hydrogen) atoms. The van der Waals surface area contributed by atoms with Gasteiger partial charge in [0.2, 0.25) is 6.79 Å². The lowest BCUT2D eigenvalue weighted by Gasteiger charge is -2.15. The first-order valence-electron chi connectivity index (χ1n) is 6.44. The average molecular weight is 348 g/mol. The molecule has 1 aliphatic heterocycles. The third kappa shape index (κ3) is 3.80. The van der Waals surface area contributed by atoms with E-state index in [0.717, 1.165) is 0 Å². The highest BCUT2D eigenvalue weighted by atomic mass is 35.5. The topological polar surface area (TPSA) is 53.7 Å². The molecule has 2 aromatic rings. The minimum Gasteiger partial charge on any atom is -0.454 e. The third-order valence-electron chi connectivity index (χ3n) is 3.23. The van der Waals surface area contributed by atoms with Gasteiger partial charge in [0.1, 0.15) is 5.75 Å². The second kappa shape index (κ2) is 6.55. The van der Waals surface area contributed by atoms with Crippen molar-refractivity contribution in [3.8, 4) is 17.2 Å². The van der Waals surface area contributed by atoms with Crippen molar-refractivity contribution >= 4 is 12.4 Å². The molecule has 0 fully saturated rings. The zero-order valence-electron chi connectivity index (χ0n) is 11.7. The van der Waals surface area contributed by atoms with E-state index in [9.17, 15) is 13.2 Å². The van der Waals surface area contributed by atoms with Crippen LogP contribution >= 0.6 is 12.4 Å². The quantitative estimate of drug-likeness (QED) is 0.918. The second-order valence-electron chi connectivity index (χ2n) is 4.68. The molecule has 1 heterocycles. The minimum atomic E-state index is -4.71. The molecule has 4 nitrogen and oxygen atoms in total. The molecule has 2 aromatic carbocycles. The zero-order valence-corrected chi connectivity index (χ0v) is 12.5. The lowest BCUT2D eigenvalue weighted by Crippen LogP contribution is -2.17. The molecule has 2 N–H and O–H groups in total. The van der Waals surface area contributed by atoms with E-state index in [0.29, 0.717) is 22.6 Å². The fourth-order valence-electron chi connectivity index (χ4n) is 2.25. The smallest absolute Gasteiger partial charge is 0.454 e. The molecule has 1 atom stereocenters. The fraction of sp³-hybridized carbons (Fsp3) is 0.200. The molecular formula is C15H13ClF3NO3. The molecule has 124 valence electrons. The molecule has 0 unspecified atom stereocenters. The number of alkyl halides is 3. The van der Waals surface area contributed by atoms with Crippen LogP contribution in [0.25, 0.3) is 0 Å². The van der Waals surface area contributed by atoms with Crippen molar-refractivity contribution in [1.29, 1.82) is 0 Å². The zero-order chi connectivity index (χ0) is 15.7. The maximum Gasteiger partial charge on any atom is 0.573 e. The molecule has 8 heteroatoms. The highest BCUT2D eigenvalue weighted by molar-refractivity contribution is 5.85. The highest BCUT2D eigenvalue weighted by Gasteiger charge is 2.31. The molecule has 0 saturated heterocycles. The molecule has 0 bridgehead atoms. The van der Waals surface area contributed by atoms with Crippen molar-refractivity contribution in [2.45, 2.75) is 12.4 Å². The van der Waals surface area contributed by atoms with Gasteiger partial charge in [0, 0.05) is 5.56 Å². The third-order valence-corrected chi connectivity index (χ3v) is 3.23. The summed E-state index contributed by atoms with van der Waals surface area (Å²) in [5, 5.41) is 0. The summed E-state index contributed by atoms with van der Waals surface area (Å²) in [6.45, 7) is 0.122. The van der Waals surface area contributed by atoms with Crippen LogP contribution in [0.15, 0.2) is 42.5 Å². The number of halogens is 4. The van der Waals surface area contributed by atoms with Crippen LogP contribution in [0.3, 0.4) is 0 Å². The summed E-state index contributed by atoms with van der Waals surface area (Å²) >= 11 is 0. The van der Waals surface area contributed by atoms with E-state index in [2.05, 4.69) is 4.74 Å². The Bertz CT molecular complexity index is 677. The number of hydrogen-bond acceptors (Lipinski definition) is 4. The number of rotatable bonds is 3. The summed E-state index contributed by atoms with van der Waals surface area (Å²) < 4.78 is 50.9. The Morgan fingerprint density at radius 3 is 2.39 bits per heavy atom. The van der Waals surface area contributed by atoms with Crippen LogP contribution in [-0.2, 0) is 0 Å². The number of benzene rings is 2. The molecule has 0 aromatic heterocycles. The molecular weight excluding hydrogens is 335 g/mol. The maximum atomic E-state index is 12.1. The van der Waals surface area contributed by atoms with Crippen molar-refractivity contribution in [2.24, 2.45) is 5.73 Å². The van der Waals surface area contributed by atoms with Crippen molar-refractivity contribution in [3.05, 3.63) is 53.6 Å². The van der Waals surface area contributed by atoms with Gasteiger partial charge in [-0.2, -0.15) is 0 Å². The molecule has 0 saturated carbocycles. The van der Waals surface area contributed by atoms with E-state index < -0.39 is 12.4 Å². The first-order valence-corrected chi connectivity index (χ1v) is 6.44. The normalized spacial score (nSPS) is 14.1. The van der Waals surface area contributed by atoms with Crippen molar-refractivity contribution in [3.63, 3.8) is 0 Å². The summed E-state index contributed by atoms with van der Waals surface area (Å²) in [5.41, 5.74) is 7.51. The number of fused-ring (bicyclic) bond motifs is 1. The Morgan fingerprint density at radius 1 is 1.04 bits per heavy atom. The molecule has 1 aliphatic rings. The average Bonchev–Trinajstić information content (AvgIpc) is 2.94. The lowest BCUT2D eigenvalue weighted by molar-refractivity contribution is -0.274. The Labute approximate surface area is 136 Å². The number of hydrogen-bond donors (Lipinski definition) is 1. The van der Waals surface area contributed by atoms with E-state index in [1.165, 1.54) is 24.3 Å². The van der Waals surface area contributed by atoms with E-state index >= 15 is 0 Å². The summed E-state index contributed by atoms with van der Waals surface area (Å²) in [6.07, 6.45) is -4.71. The van der Waals surface area contributed by atoms with E-state index in [4.69, 9.17) is 15.2 Å². The van der Waals surface area contributed by atoms with E-state index in [-0.39, 0.29) is 24.9 Å². The summed E-state index contributed by atoms with van der Waals surface area (Å²) in [7, 11) is 0. The van der Waals surface area contributed by atoms with Crippen LogP contribution in [0.4, 0.5) is 13.2 Å². The Hall–Kier alpha value is -2.12. The molecule has 3 rings (SSSR count). The van der Waals surface area contributed by atoms with Crippen LogP contribution in [0.2, 0.25) is 0 Å². The molecule has 0 radical (unpaired) electrons. The fourth-order valence-corrected chi connectivity index (χ4v) is 2.25. The lowest BCUT2D eigenvalue weighted by atomic mass is 9.98. The Morgan fingerprint density at radius 2 is 1.74 bits per heavy atom. The van der Waals surface area contributed by atoms with Gasteiger partial charge in [-0.25, -0.2) is 0 Å². The first-order chi connectivity index (χ1) is 10.4. The monoisotopic (exact) mass is 347 g/mol. The first kappa shape index (κ1) is 17.2. The summed E-state index contributed by atoms with van der Waals surface area (Å²) in [4.78, 5) is 0. The van der Waals surface area contributed by atoms with Gasteiger partial charge >= 0.3 is 6.36 Å². The Kier molecular flexibility index (Phi) is 4.91. The number of nitrogens with two attached hydrogens (primary N) is 1. The van der Waals surface area contributed by atoms with Gasteiger partial charge in [-0.1, -0.05) is 24.3 Å². The molecule has 0 amide bonds. The number of ether oxygens (including phenoxy) is 3. The predicted molar refractivity (Wildman–Crippen MR) is 79.0 cm³/mol. The molecule has 0 spiro atoms. The van der Waals surface area contributed by atoms with Crippen LogP contribution in [-0.4, -0.2) is 13.2 Å². The second-order valence-corrected chi connectivity index (χ2v) is 4.68. The van der Waals surface area contributed by atoms with Crippen molar-refractivity contribution in [2.75, 3.05) is 6.79 Å². The standard InChI is InChI=1S/C15H12F3NO3.ClH/c16-15(17,18)22-10-6-4-9(5-7-10)13(19)11-2-1-3-12-14(11)21-8-20-12;/h1-7,13H,8,19H2;1H/t13-;/m0./s1. The van der Waals surface area contributed by atoms with Crippen LogP contribution in [0.5, 0.6) is 17.2 Å². The minimum absolute atomic E-state index is 0. The number of para-hydroxylation sites is 1. The highest BCUT2D eigenvalue weighted by Crippen LogP contribution is 2.39. The predicted octanol–water partition coefficient (Wildman–Crippen LogP) is 3.78. The van der Waals surface area contributed by atoms with Gasteiger partial charge in [-0.15, -0.1) is 25.6 Å². The van der Waals surface area contributed by atoms with Gasteiger partial charge in [-0.3, -0.25) is 0 Å². The summed E-state index contributed by atoms with van der Waals surface area (Å²) in [6, 6.07) is 10.2. The van der Waals surface area contributed by atoms with Gasteiger partial charge in [0.05, 0.1) is 6.04 Å². The van der Waals surface area contributed by atoms with Crippen LogP contribution in [0, 0.1) is 0 Å². The van der Waals surface area contributed by atoms with Crippen molar-refractivity contribution < 1.29 is 27.4 Å². The van der Waals surface area contributed by atoms with E-state index in [1.807, 2.05) is 0 Å². The largest absolute Gasteiger partial charge is 0.573 e. The maximum absolute atomic E-state index is 12.1. The van der Waals surface area contributed by atoms with Gasteiger partial charge in [0.15, 0.2) is 11.5 Å². The van der Waals surface area contributed by atoms with Crippen LogP contribution < -0.4 is 19.9 Å². The van der Waals surface area contributed by atoms with Crippen LogP contribution in [0.1, 0.15) is 17.2 Å². The SMILES string of the molecule is Cl.N[C@@H](c1ccc(OC(F)(F)F)cc1)c1cccc2c1OCO2. The summed E-state index contributed by atoms with van der Waals surface area (Å²) in [5.74, 6) is 0.872.